The number of hydrogen-bond acceptors (Lipinski definition) is 4. The summed E-state index contributed by atoms with van der Waals surface area (Å²) in [5, 5.41) is 3.14. The molecule has 0 spiro atoms. The highest BCUT2D eigenvalue weighted by Gasteiger charge is 2.08. The third-order valence-electron chi connectivity index (χ3n) is 1.90. The lowest BCUT2D eigenvalue weighted by atomic mass is 10.2. The Bertz CT molecular complexity index is 382. The van der Waals surface area contributed by atoms with E-state index in [0.29, 0.717) is 5.88 Å². The van der Waals surface area contributed by atoms with Crippen molar-refractivity contribution in [3.63, 3.8) is 0 Å². The van der Waals surface area contributed by atoms with Gasteiger partial charge in [0.25, 0.3) is 0 Å². The average Bonchev–Trinajstić information content (AvgIpc) is 2.26. The molecule has 0 amide bonds. The van der Waals surface area contributed by atoms with E-state index in [-0.39, 0.29) is 12.5 Å². The predicted molar refractivity (Wildman–Crippen MR) is 64.6 cm³/mol. The van der Waals surface area contributed by atoms with Crippen LogP contribution in [0.4, 0.5) is 5.82 Å². The van der Waals surface area contributed by atoms with Crippen molar-refractivity contribution in [2.75, 3.05) is 18.5 Å². The fourth-order valence-corrected chi connectivity index (χ4v) is 1.16. The molecule has 0 atom stereocenters. The molecule has 1 aromatic rings. The highest BCUT2D eigenvalue weighted by molar-refractivity contribution is 5.38. The lowest BCUT2D eigenvalue weighted by Gasteiger charge is -2.10. The van der Waals surface area contributed by atoms with E-state index in [1.807, 2.05) is 20.8 Å². The second-order valence-electron chi connectivity index (χ2n) is 3.63. The molecule has 4 nitrogen and oxygen atoms in total. The van der Waals surface area contributed by atoms with Crippen molar-refractivity contribution in [1.82, 2.24) is 9.97 Å². The van der Waals surface area contributed by atoms with Gasteiger partial charge in [-0.25, -0.2) is 4.98 Å². The lowest BCUT2D eigenvalue weighted by Crippen LogP contribution is -2.07. The fourth-order valence-electron chi connectivity index (χ4n) is 1.16. The minimum absolute atomic E-state index is 0.222. The van der Waals surface area contributed by atoms with Crippen LogP contribution in [0, 0.1) is 12.3 Å². The molecule has 0 bridgehead atoms. The van der Waals surface area contributed by atoms with Gasteiger partial charge in [0, 0.05) is 18.5 Å². The van der Waals surface area contributed by atoms with Gasteiger partial charge in [-0.15, -0.1) is 6.42 Å². The monoisotopic (exact) mass is 219 g/mol. The van der Waals surface area contributed by atoms with Crippen LogP contribution in [-0.2, 0) is 0 Å². The summed E-state index contributed by atoms with van der Waals surface area (Å²) in [5.74, 6) is 4.72. The third-order valence-corrected chi connectivity index (χ3v) is 1.90. The maximum Gasteiger partial charge on any atom is 0.219 e. The zero-order valence-electron chi connectivity index (χ0n) is 9.95. The molecule has 0 fully saturated rings. The Morgan fingerprint density at radius 2 is 2.25 bits per heavy atom. The van der Waals surface area contributed by atoms with E-state index in [1.165, 1.54) is 0 Å². The summed E-state index contributed by atoms with van der Waals surface area (Å²) >= 11 is 0. The summed E-state index contributed by atoms with van der Waals surface area (Å²) in [6, 6.07) is 1.76. The Morgan fingerprint density at radius 1 is 1.50 bits per heavy atom. The number of nitrogens with one attached hydrogen (secondary N) is 1. The van der Waals surface area contributed by atoms with Gasteiger partial charge in [-0.1, -0.05) is 19.8 Å². The van der Waals surface area contributed by atoms with Crippen LogP contribution >= 0.6 is 0 Å². The smallest absolute Gasteiger partial charge is 0.219 e. The Balaban J connectivity index is 2.94. The minimum Gasteiger partial charge on any atom is -0.464 e. The number of nitrogens with zero attached hydrogens (tertiary/aromatic N) is 2. The van der Waals surface area contributed by atoms with Crippen molar-refractivity contribution in [2.45, 2.75) is 26.7 Å². The van der Waals surface area contributed by atoms with E-state index in [9.17, 15) is 0 Å². The maximum absolute atomic E-state index is 5.31. The van der Waals surface area contributed by atoms with Crippen LogP contribution in [0.5, 0.6) is 5.88 Å². The average molecular weight is 219 g/mol. The number of anilines is 1. The van der Waals surface area contributed by atoms with Gasteiger partial charge in [0.2, 0.25) is 5.88 Å². The highest BCUT2D eigenvalue weighted by Crippen LogP contribution is 2.18. The summed E-state index contributed by atoms with van der Waals surface area (Å²) in [7, 11) is 0. The normalized spacial score (nSPS) is 9.94. The van der Waals surface area contributed by atoms with Gasteiger partial charge >= 0.3 is 0 Å². The number of rotatable bonds is 5. The Morgan fingerprint density at radius 3 is 2.81 bits per heavy atom. The molecular weight excluding hydrogens is 202 g/mol. The first-order valence-electron chi connectivity index (χ1n) is 5.36. The van der Waals surface area contributed by atoms with Crippen LogP contribution in [-0.4, -0.2) is 23.1 Å². The van der Waals surface area contributed by atoms with E-state index in [2.05, 4.69) is 21.2 Å². The number of hydrogen-bond donors (Lipinski definition) is 1. The largest absolute Gasteiger partial charge is 0.464 e. The van der Waals surface area contributed by atoms with Crippen molar-refractivity contribution in [2.24, 2.45) is 0 Å². The summed E-state index contributed by atoms with van der Waals surface area (Å²) in [5.41, 5.74) is 0. The van der Waals surface area contributed by atoms with Crippen LogP contribution in [0.3, 0.4) is 0 Å². The van der Waals surface area contributed by atoms with Gasteiger partial charge in [-0.3, -0.25) is 0 Å². The highest BCUT2D eigenvalue weighted by atomic mass is 16.5. The standard InChI is InChI=1S/C12H17N3O/c1-5-7-16-11-8-10(13-6-2)14-12(15-11)9(3)4/h1,8-9H,6-7H2,2-4H3,(H,13,14,15). The summed E-state index contributed by atoms with van der Waals surface area (Å²) in [6.45, 7) is 7.12. The zero-order valence-corrected chi connectivity index (χ0v) is 9.95. The number of ether oxygens (including phenoxy) is 1. The minimum atomic E-state index is 0.222. The van der Waals surface area contributed by atoms with Gasteiger partial charge in [0.15, 0.2) is 6.61 Å². The predicted octanol–water partition coefficient (Wildman–Crippen LogP) is 2.04. The fraction of sp³-hybridized carbons (Fsp3) is 0.500. The molecule has 0 aliphatic rings. The molecule has 0 aliphatic carbocycles. The topological polar surface area (TPSA) is 47.0 Å². The first kappa shape index (κ1) is 12.3. The molecule has 0 radical (unpaired) electrons. The van der Waals surface area contributed by atoms with Gasteiger partial charge in [0.1, 0.15) is 11.6 Å². The van der Waals surface area contributed by atoms with E-state index in [4.69, 9.17) is 11.2 Å². The molecule has 16 heavy (non-hydrogen) atoms. The van der Waals surface area contributed by atoms with Crippen LogP contribution in [0.25, 0.3) is 0 Å². The molecule has 1 heterocycles. The quantitative estimate of drug-likeness (QED) is 0.770. The molecule has 0 aliphatic heterocycles. The molecule has 86 valence electrons. The second-order valence-corrected chi connectivity index (χ2v) is 3.63. The van der Waals surface area contributed by atoms with E-state index in [0.717, 1.165) is 18.2 Å². The zero-order chi connectivity index (χ0) is 12.0. The van der Waals surface area contributed by atoms with E-state index in [1.54, 1.807) is 6.07 Å². The van der Waals surface area contributed by atoms with Crippen LogP contribution in [0.2, 0.25) is 0 Å². The van der Waals surface area contributed by atoms with Crippen molar-refractivity contribution >= 4 is 5.82 Å². The van der Waals surface area contributed by atoms with Gasteiger partial charge in [0.05, 0.1) is 0 Å². The molecular formula is C12H17N3O. The number of aromatic nitrogens is 2. The molecule has 0 saturated heterocycles. The van der Waals surface area contributed by atoms with Crippen molar-refractivity contribution < 1.29 is 4.74 Å². The van der Waals surface area contributed by atoms with Gasteiger partial charge < -0.3 is 10.1 Å². The van der Waals surface area contributed by atoms with E-state index >= 15 is 0 Å². The van der Waals surface area contributed by atoms with Crippen LogP contribution in [0.15, 0.2) is 6.07 Å². The first-order valence-corrected chi connectivity index (χ1v) is 5.36. The van der Waals surface area contributed by atoms with Gasteiger partial charge in [-0.2, -0.15) is 4.98 Å². The Hall–Kier alpha value is -1.76. The number of terminal acetylenes is 1. The molecule has 1 N–H and O–H groups in total. The van der Waals surface area contributed by atoms with Crippen LogP contribution < -0.4 is 10.1 Å². The molecule has 4 heteroatoms. The van der Waals surface area contributed by atoms with Crippen molar-refractivity contribution in [1.29, 1.82) is 0 Å². The molecule has 0 aromatic carbocycles. The molecule has 0 saturated carbocycles. The molecule has 0 unspecified atom stereocenters. The molecule has 1 aromatic heterocycles. The van der Waals surface area contributed by atoms with Gasteiger partial charge in [-0.05, 0) is 6.92 Å². The summed E-state index contributed by atoms with van der Waals surface area (Å²) < 4.78 is 5.31. The Labute approximate surface area is 96.5 Å². The Kier molecular flexibility index (Phi) is 4.59. The first-order chi connectivity index (χ1) is 7.67. The third kappa shape index (κ3) is 3.43. The second kappa shape index (κ2) is 5.96. The van der Waals surface area contributed by atoms with Crippen molar-refractivity contribution in [3.8, 4) is 18.2 Å². The summed E-state index contributed by atoms with van der Waals surface area (Å²) in [4.78, 5) is 8.66. The maximum atomic E-state index is 5.31. The van der Waals surface area contributed by atoms with E-state index < -0.39 is 0 Å². The summed E-state index contributed by atoms with van der Waals surface area (Å²) in [6.07, 6.45) is 5.14. The molecule has 1 rings (SSSR count). The SMILES string of the molecule is C#CCOc1cc(NCC)nc(C(C)C)n1. The lowest BCUT2D eigenvalue weighted by molar-refractivity contribution is 0.352. The van der Waals surface area contributed by atoms with Crippen molar-refractivity contribution in [3.05, 3.63) is 11.9 Å². The van der Waals surface area contributed by atoms with Crippen LogP contribution in [0.1, 0.15) is 32.5 Å².